The smallest absolute Gasteiger partial charge is 0.408 e. The van der Waals surface area contributed by atoms with E-state index in [1.165, 1.54) is 17.2 Å². The first kappa shape index (κ1) is 26.7. The molecule has 0 aliphatic rings. The van der Waals surface area contributed by atoms with E-state index in [1.54, 1.807) is 0 Å². The molecule has 36 heavy (non-hydrogen) atoms. The third-order valence-corrected chi connectivity index (χ3v) is 6.07. The van der Waals surface area contributed by atoms with E-state index in [-0.39, 0.29) is 12.2 Å². The van der Waals surface area contributed by atoms with Crippen molar-refractivity contribution in [2.75, 3.05) is 5.32 Å². The van der Waals surface area contributed by atoms with Crippen LogP contribution in [-0.4, -0.2) is 44.0 Å². The number of aromatic amines is 1. The first-order chi connectivity index (χ1) is 17.1. The molecule has 3 rings (SSSR count). The second-order valence-electron chi connectivity index (χ2n) is 9.90. The molecule has 3 aromatic rings. The molecule has 0 aliphatic carbocycles. The van der Waals surface area contributed by atoms with Crippen molar-refractivity contribution in [2.45, 2.75) is 59.0 Å². The number of benzene rings is 2. The lowest BCUT2D eigenvalue weighted by Gasteiger charge is -2.42. The van der Waals surface area contributed by atoms with Gasteiger partial charge in [0.2, 0.25) is 5.78 Å². The molecular formula is C28H34N4O4. The maximum atomic E-state index is 13.4. The van der Waals surface area contributed by atoms with Gasteiger partial charge in [-0.15, -0.1) is 0 Å². The fraction of sp³-hybridized carbons (Fsp3) is 0.357. The van der Waals surface area contributed by atoms with Crippen molar-refractivity contribution in [2.24, 2.45) is 5.41 Å². The average Bonchev–Trinajstić information content (AvgIpc) is 3.36. The van der Waals surface area contributed by atoms with Crippen molar-refractivity contribution >= 4 is 23.6 Å². The summed E-state index contributed by atoms with van der Waals surface area (Å²) in [5.41, 5.74) is 2.14. The van der Waals surface area contributed by atoms with Crippen molar-refractivity contribution in [3.63, 3.8) is 0 Å². The minimum Gasteiger partial charge on any atom is -0.465 e. The first-order valence-corrected chi connectivity index (χ1v) is 12.1. The highest BCUT2D eigenvalue weighted by Crippen LogP contribution is 2.41. The number of nitrogens with zero attached hydrogens (tertiary/aromatic N) is 2. The number of amides is 2. The van der Waals surface area contributed by atoms with Crippen molar-refractivity contribution in [3.8, 4) is 11.1 Å². The number of nitrogens with one attached hydrogen (secondary N) is 2. The Kier molecular flexibility index (Phi) is 8.64. The van der Waals surface area contributed by atoms with E-state index in [0.29, 0.717) is 6.42 Å². The fourth-order valence-corrected chi connectivity index (χ4v) is 4.48. The van der Waals surface area contributed by atoms with Gasteiger partial charge in [-0.1, -0.05) is 89.1 Å². The molecule has 8 nitrogen and oxygen atoms in total. The standard InChI is InChI=1S/C28H34N4O4/c1-5-6-15-22(24(33)26(34)30-23-16-17-29-31-23)32(27(35)36)25(28(2,3)4)21-14-10-13-20(18-21)19-11-8-7-9-12-19/h7-14,16-18,22,25H,5-6,15H2,1-4H3,(H,35,36)(H2,29,30,31,34)/t22-,25?/m0/s1. The van der Waals surface area contributed by atoms with Gasteiger partial charge in [0.05, 0.1) is 12.2 Å². The maximum Gasteiger partial charge on any atom is 0.408 e. The number of carbonyl (C=O) groups is 3. The number of anilines is 1. The maximum absolute atomic E-state index is 13.4. The molecule has 0 aliphatic heterocycles. The molecule has 8 heteroatoms. The number of hydrogen-bond donors (Lipinski definition) is 3. The van der Waals surface area contributed by atoms with E-state index in [0.717, 1.165) is 23.1 Å². The van der Waals surface area contributed by atoms with Crippen LogP contribution in [0.4, 0.5) is 10.6 Å². The Morgan fingerprint density at radius 1 is 1.03 bits per heavy atom. The molecule has 0 fully saturated rings. The van der Waals surface area contributed by atoms with Gasteiger partial charge in [0.15, 0.2) is 0 Å². The predicted molar refractivity (Wildman–Crippen MR) is 139 cm³/mol. The van der Waals surface area contributed by atoms with Crippen LogP contribution in [0.25, 0.3) is 11.1 Å². The quantitative estimate of drug-likeness (QED) is 0.306. The van der Waals surface area contributed by atoms with Gasteiger partial charge in [-0.05, 0) is 34.6 Å². The van der Waals surface area contributed by atoms with Gasteiger partial charge in [0.1, 0.15) is 11.9 Å². The molecule has 0 bridgehead atoms. The number of carboxylic acid groups (broad SMARTS) is 1. The molecule has 0 saturated carbocycles. The molecule has 0 radical (unpaired) electrons. The van der Waals surface area contributed by atoms with Crippen LogP contribution in [0, 0.1) is 5.41 Å². The zero-order valence-electron chi connectivity index (χ0n) is 21.2. The summed E-state index contributed by atoms with van der Waals surface area (Å²) >= 11 is 0. The SMILES string of the molecule is CCCC[C@@H](C(=O)C(=O)Nc1ccn[nH]1)N(C(=O)O)C(c1cccc(-c2ccccc2)c1)C(C)(C)C. The van der Waals surface area contributed by atoms with Gasteiger partial charge < -0.3 is 10.4 Å². The van der Waals surface area contributed by atoms with Gasteiger partial charge in [-0.2, -0.15) is 5.10 Å². The van der Waals surface area contributed by atoms with Crippen molar-refractivity contribution in [1.82, 2.24) is 15.1 Å². The molecule has 3 N–H and O–H groups in total. The average molecular weight is 491 g/mol. The highest BCUT2D eigenvalue weighted by Gasteiger charge is 2.43. The number of ketones is 1. The Labute approximate surface area is 211 Å². The van der Waals surface area contributed by atoms with Gasteiger partial charge in [-0.25, -0.2) is 4.79 Å². The molecule has 0 saturated heterocycles. The molecule has 0 spiro atoms. The lowest BCUT2D eigenvalue weighted by molar-refractivity contribution is -0.139. The summed E-state index contributed by atoms with van der Waals surface area (Å²) in [6.07, 6.45) is 1.79. The van der Waals surface area contributed by atoms with Gasteiger partial charge >= 0.3 is 6.09 Å². The van der Waals surface area contributed by atoms with Crippen LogP contribution in [0.1, 0.15) is 58.6 Å². The van der Waals surface area contributed by atoms with E-state index in [4.69, 9.17) is 0 Å². The van der Waals surface area contributed by atoms with Crippen LogP contribution < -0.4 is 5.32 Å². The van der Waals surface area contributed by atoms with Gasteiger partial charge in [0.25, 0.3) is 5.91 Å². The summed E-state index contributed by atoms with van der Waals surface area (Å²) in [4.78, 5) is 40.2. The monoisotopic (exact) mass is 490 g/mol. The molecule has 190 valence electrons. The summed E-state index contributed by atoms with van der Waals surface area (Å²) in [6, 6.07) is 17.2. The summed E-state index contributed by atoms with van der Waals surface area (Å²) in [5, 5.41) is 19.3. The number of Topliss-reactive ketones (excluding diaryl/α,β-unsaturated/α-hetero) is 1. The van der Waals surface area contributed by atoms with Crippen LogP contribution in [0.2, 0.25) is 0 Å². The topological polar surface area (TPSA) is 115 Å². The van der Waals surface area contributed by atoms with Crippen molar-refractivity contribution in [3.05, 3.63) is 72.4 Å². The number of aromatic nitrogens is 2. The van der Waals surface area contributed by atoms with Crippen LogP contribution in [0.3, 0.4) is 0 Å². The minimum atomic E-state index is -1.25. The van der Waals surface area contributed by atoms with E-state index in [1.807, 2.05) is 82.3 Å². The van der Waals surface area contributed by atoms with Crippen molar-refractivity contribution < 1.29 is 19.5 Å². The molecular weight excluding hydrogens is 456 g/mol. The lowest BCUT2D eigenvalue weighted by Crippen LogP contribution is -2.52. The number of unbranched alkanes of at least 4 members (excludes halogenated alkanes) is 1. The van der Waals surface area contributed by atoms with Gasteiger partial charge in [0, 0.05) is 6.07 Å². The van der Waals surface area contributed by atoms with E-state index < -0.39 is 35.3 Å². The highest BCUT2D eigenvalue weighted by atomic mass is 16.4. The zero-order valence-corrected chi connectivity index (χ0v) is 21.2. The van der Waals surface area contributed by atoms with Crippen molar-refractivity contribution in [1.29, 1.82) is 0 Å². The number of carbonyl (C=O) groups excluding carboxylic acids is 2. The molecule has 1 unspecified atom stereocenters. The number of rotatable bonds is 10. The predicted octanol–water partition coefficient (Wildman–Crippen LogP) is 5.91. The van der Waals surface area contributed by atoms with E-state index >= 15 is 0 Å². The Morgan fingerprint density at radius 3 is 2.31 bits per heavy atom. The Bertz CT molecular complexity index is 1170. The highest BCUT2D eigenvalue weighted by molar-refractivity contribution is 6.42. The van der Waals surface area contributed by atoms with E-state index in [9.17, 15) is 19.5 Å². The first-order valence-electron chi connectivity index (χ1n) is 12.1. The zero-order chi connectivity index (χ0) is 26.3. The Morgan fingerprint density at radius 2 is 1.72 bits per heavy atom. The van der Waals surface area contributed by atoms with E-state index in [2.05, 4.69) is 15.5 Å². The Balaban J connectivity index is 2.05. The summed E-state index contributed by atoms with van der Waals surface area (Å²) in [6.45, 7) is 7.78. The largest absolute Gasteiger partial charge is 0.465 e. The molecule has 1 aromatic heterocycles. The Hall–Kier alpha value is -3.94. The normalized spacial score (nSPS) is 13.0. The van der Waals surface area contributed by atoms with Crippen LogP contribution in [0.5, 0.6) is 0 Å². The molecule has 2 amide bonds. The second-order valence-corrected chi connectivity index (χ2v) is 9.90. The minimum absolute atomic E-state index is 0.239. The summed E-state index contributed by atoms with van der Waals surface area (Å²) in [7, 11) is 0. The molecule has 2 aromatic carbocycles. The van der Waals surface area contributed by atoms with Crippen LogP contribution >= 0.6 is 0 Å². The van der Waals surface area contributed by atoms with Gasteiger partial charge in [-0.3, -0.25) is 19.6 Å². The lowest BCUT2D eigenvalue weighted by atomic mass is 9.79. The summed E-state index contributed by atoms with van der Waals surface area (Å²) < 4.78 is 0. The second kappa shape index (κ2) is 11.7. The third-order valence-electron chi connectivity index (χ3n) is 6.07. The molecule has 2 atom stereocenters. The number of hydrogen-bond acceptors (Lipinski definition) is 4. The fourth-order valence-electron chi connectivity index (χ4n) is 4.48. The third kappa shape index (κ3) is 6.38. The van der Waals surface area contributed by atoms with Crippen LogP contribution in [0.15, 0.2) is 66.9 Å². The summed E-state index contributed by atoms with van der Waals surface area (Å²) in [5.74, 6) is -1.40. The van der Waals surface area contributed by atoms with Crippen LogP contribution in [-0.2, 0) is 9.59 Å². The molecule has 1 heterocycles. The number of H-pyrrole nitrogens is 1.